The van der Waals surface area contributed by atoms with E-state index in [4.69, 9.17) is 13.3 Å². The summed E-state index contributed by atoms with van der Waals surface area (Å²) in [5, 5.41) is -0.652. The van der Waals surface area contributed by atoms with Crippen molar-refractivity contribution in [2.45, 2.75) is 133 Å². The molecule has 0 aliphatic heterocycles. The van der Waals surface area contributed by atoms with Gasteiger partial charge in [-0.05, 0) is 56.2 Å². The van der Waals surface area contributed by atoms with Gasteiger partial charge in [-0.25, -0.2) is 0 Å². The molecule has 6 heteroatoms. The minimum Gasteiger partial charge on any atom is -0.518 e. The summed E-state index contributed by atoms with van der Waals surface area (Å²) in [6.07, 6.45) is 17.5. The summed E-state index contributed by atoms with van der Waals surface area (Å²) in [7, 11) is -0.607. The van der Waals surface area contributed by atoms with Gasteiger partial charge < -0.3 is 13.3 Å². The maximum Gasteiger partial charge on any atom is 0.402 e. The monoisotopic (exact) mass is 455 g/mol. The van der Waals surface area contributed by atoms with Crippen LogP contribution in [-0.2, 0) is 18.1 Å². The number of hydrogen-bond donors (Lipinski definition) is 0. The summed E-state index contributed by atoms with van der Waals surface area (Å²) < 4.78 is 18.3. The molecule has 175 valence electrons. The fraction of sp³-hybridized carbons (Fsp3) is 0.958. The first kappa shape index (κ1) is 26.1. The first-order valence-electron chi connectivity index (χ1n) is 12.7. The van der Waals surface area contributed by atoms with Crippen LogP contribution >= 0.6 is 0 Å². The summed E-state index contributed by atoms with van der Waals surface area (Å²) in [5.41, 5.74) is 1.30. The third-order valence-electron chi connectivity index (χ3n) is 8.03. The highest BCUT2D eigenvalue weighted by Gasteiger charge is 2.55. The van der Waals surface area contributed by atoms with Gasteiger partial charge in [0.25, 0.3) is 14.3 Å². The molecule has 0 aromatic heterocycles. The second-order valence-electron chi connectivity index (χ2n) is 9.85. The van der Waals surface area contributed by atoms with Gasteiger partial charge in [-0.3, -0.25) is 4.79 Å². The molecule has 1 radical (unpaired) electrons. The van der Waals surface area contributed by atoms with Gasteiger partial charge in [0.2, 0.25) is 0 Å². The van der Waals surface area contributed by atoms with Crippen molar-refractivity contribution < 1.29 is 18.1 Å². The lowest BCUT2D eigenvalue weighted by molar-refractivity contribution is -0.140. The van der Waals surface area contributed by atoms with E-state index >= 15 is 0 Å². The normalized spacial score (nSPS) is 21.5. The van der Waals surface area contributed by atoms with E-state index in [9.17, 15) is 4.79 Å². The number of carbonyl (C=O) groups excluding carboxylic acids is 1. The average Bonchev–Trinajstić information content (AvgIpc) is 2.80. The molecule has 0 bridgehead atoms. The van der Waals surface area contributed by atoms with E-state index in [0.29, 0.717) is 17.5 Å². The predicted octanol–water partition coefficient (Wildman–Crippen LogP) is 7.29. The second kappa shape index (κ2) is 12.8. The van der Waals surface area contributed by atoms with Crippen LogP contribution in [0, 0.1) is 0 Å². The van der Waals surface area contributed by atoms with E-state index in [-0.39, 0.29) is 5.97 Å². The standard InChI is InChI=1S/C24H47O4Si2/c1-6-8-15-20-30(21-16-11-9-12-17-21,22-18-13-10-14-19-22)28-23(25)24(3,7-2)29(26-4)27-5/h21-22H,6-20H2,1-5H3. The molecule has 0 saturated heterocycles. The Labute approximate surface area is 188 Å². The SMILES string of the molecule is CCCCC[Si](OC(=O)C(C)(CC)[Si](OC)OC)(C1CCCCC1)C1CCCCC1. The van der Waals surface area contributed by atoms with E-state index < -0.39 is 22.6 Å². The Kier molecular flexibility index (Phi) is 11.1. The second-order valence-corrected chi connectivity index (χ2v) is 16.6. The highest BCUT2D eigenvalue weighted by Crippen LogP contribution is 2.53. The summed E-state index contributed by atoms with van der Waals surface area (Å²) in [5.74, 6) is -0.0121. The maximum atomic E-state index is 13.9. The van der Waals surface area contributed by atoms with Crippen LogP contribution in [0.2, 0.25) is 22.2 Å². The molecule has 1 unspecified atom stereocenters. The van der Waals surface area contributed by atoms with Crippen LogP contribution < -0.4 is 0 Å². The number of carbonyl (C=O) groups is 1. The number of rotatable bonds is 12. The summed E-state index contributed by atoms with van der Waals surface area (Å²) in [6.45, 7) is 6.37. The van der Waals surface area contributed by atoms with E-state index in [1.807, 2.05) is 6.92 Å². The predicted molar refractivity (Wildman–Crippen MR) is 128 cm³/mol. The third-order valence-corrected chi connectivity index (χ3v) is 15.8. The van der Waals surface area contributed by atoms with Crippen molar-refractivity contribution in [2.24, 2.45) is 0 Å². The zero-order valence-electron chi connectivity index (χ0n) is 20.4. The minimum absolute atomic E-state index is 0.0121. The van der Waals surface area contributed by atoms with Crippen molar-refractivity contribution in [1.82, 2.24) is 0 Å². The molecule has 4 nitrogen and oxygen atoms in total. The Morgan fingerprint density at radius 3 is 1.80 bits per heavy atom. The zero-order chi connectivity index (χ0) is 22.0. The van der Waals surface area contributed by atoms with Crippen molar-refractivity contribution in [3.63, 3.8) is 0 Å². The van der Waals surface area contributed by atoms with Gasteiger partial charge in [0.05, 0.1) is 0 Å². The third kappa shape index (κ3) is 5.99. The number of unbranched alkanes of at least 4 members (excludes halogenated alkanes) is 2. The van der Waals surface area contributed by atoms with Crippen LogP contribution in [0.25, 0.3) is 0 Å². The fourth-order valence-corrected chi connectivity index (χ4v) is 13.7. The molecule has 30 heavy (non-hydrogen) atoms. The summed E-state index contributed by atoms with van der Waals surface area (Å²) in [4.78, 5) is 13.9. The Bertz CT molecular complexity index is 481. The molecule has 0 aromatic carbocycles. The first-order chi connectivity index (χ1) is 14.5. The van der Waals surface area contributed by atoms with Gasteiger partial charge in [-0.1, -0.05) is 71.6 Å². The Balaban J connectivity index is 2.39. The first-order valence-corrected chi connectivity index (χ1v) is 16.3. The fourth-order valence-electron chi connectivity index (χ4n) is 5.98. The Morgan fingerprint density at radius 2 is 1.40 bits per heavy atom. The lowest BCUT2D eigenvalue weighted by Crippen LogP contribution is -2.54. The molecule has 2 saturated carbocycles. The quantitative estimate of drug-likeness (QED) is 0.229. The lowest BCUT2D eigenvalue weighted by Gasteiger charge is -2.48. The molecule has 2 rings (SSSR count). The van der Waals surface area contributed by atoms with Crippen LogP contribution in [-0.4, -0.2) is 37.8 Å². The van der Waals surface area contributed by atoms with E-state index in [1.165, 1.54) is 89.5 Å². The highest BCUT2D eigenvalue weighted by molar-refractivity contribution is 6.78. The molecule has 2 aliphatic rings. The van der Waals surface area contributed by atoms with E-state index in [2.05, 4.69) is 13.8 Å². The molecule has 2 fully saturated rings. The Morgan fingerprint density at radius 1 is 0.900 bits per heavy atom. The van der Waals surface area contributed by atoms with Crippen molar-refractivity contribution in [1.29, 1.82) is 0 Å². The summed E-state index contributed by atoms with van der Waals surface area (Å²) in [6, 6.07) is 1.17. The molecule has 2 aliphatic carbocycles. The van der Waals surface area contributed by atoms with Gasteiger partial charge in [0, 0.05) is 14.2 Å². The molecule has 0 heterocycles. The van der Waals surface area contributed by atoms with Crippen molar-refractivity contribution in [2.75, 3.05) is 14.2 Å². The molecule has 0 amide bonds. The average molecular weight is 456 g/mol. The van der Waals surface area contributed by atoms with Gasteiger partial charge >= 0.3 is 9.28 Å². The van der Waals surface area contributed by atoms with Crippen molar-refractivity contribution in [3.8, 4) is 0 Å². The van der Waals surface area contributed by atoms with Crippen LogP contribution in [0.4, 0.5) is 0 Å². The topological polar surface area (TPSA) is 44.8 Å². The molecule has 0 spiro atoms. The van der Waals surface area contributed by atoms with Crippen LogP contribution in [0.1, 0.15) is 111 Å². The van der Waals surface area contributed by atoms with Gasteiger partial charge in [-0.2, -0.15) is 0 Å². The molecular formula is C24H47O4Si2. The molecule has 0 aromatic rings. The lowest BCUT2D eigenvalue weighted by atomic mass is 9.99. The largest absolute Gasteiger partial charge is 0.518 e. The summed E-state index contributed by atoms with van der Waals surface area (Å²) >= 11 is 0. The van der Waals surface area contributed by atoms with Crippen molar-refractivity contribution in [3.05, 3.63) is 0 Å². The molecule has 0 N–H and O–H groups in total. The van der Waals surface area contributed by atoms with E-state index in [0.717, 1.165) is 0 Å². The minimum atomic E-state index is -2.24. The highest BCUT2D eigenvalue weighted by atomic mass is 28.4. The van der Waals surface area contributed by atoms with Gasteiger partial charge in [0.15, 0.2) is 0 Å². The molecule has 1 atom stereocenters. The Hall–Kier alpha value is -0.176. The van der Waals surface area contributed by atoms with E-state index in [1.54, 1.807) is 14.2 Å². The maximum absolute atomic E-state index is 13.9. The smallest absolute Gasteiger partial charge is 0.402 e. The van der Waals surface area contributed by atoms with Crippen LogP contribution in [0.5, 0.6) is 0 Å². The zero-order valence-corrected chi connectivity index (χ0v) is 22.4. The van der Waals surface area contributed by atoms with Crippen molar-refractivity contribution >= 4 is 23.6 Å². The van der Waals surface area contributed by atoms with Gasteiger partial charge in [-0.15, -0.1) is 0 Å². The van der Waals surface area contributed by atoms with Crippen LogP contribution in [0.3, 0.4) is 0 Å². The molecular weight excluding hydrogens is 408 g/mol. The van der Waals surface area contributed by atoms with Gasteiger partial charge in [0.1, 0.15) is 5.04 Å². The number of hydrogen-bond acceptors (Lipinski definition) is 4. The van der Waals surface area contributed by atoms with Crippen LogP contribution in [0.15, 0.2) is 0 Å².